The molecule has 3 aromatic carbocycles. The number of hydrogen-bond donors (Lipinski definition) is 1. The molecular formula is C28H26N6O5S. The van der Waals surface area contributed by atoms with Gasteiger partial charge in [0.2, 0.25) is 10.0 Å². The topological polar surface area (TPSA) is 129 Å². The highest BCUT2D eigenvalue weighted by Gasteiger charge is 2.27. The molecule has 1 saturated heterocycles. The lowest BCUT2D eigenvalue weighted by Crippen LogP contribution is -2.40. The van der Waals surface area contributed by atoms with Gasteiger partial charge in [0.05, 0.1) is 30.7 Å². The maximum Gasteiger partial charge on any atom is 0.258 e. The first-order valence-corrected chi connectivity index (χ1v) is 14.1. The molecule has 0 radical (unpaired) electrons. The van der Waals surface area contributed by atoms with Crippen molar-refractivity contribution < 1.29 is 22.7 Å². The predicted octanol–water partition coefficient (Wildman–Crippen LogP) is 3.31. The summed E-state index contributed by atoms with van der Waals surface area (Å²) in [5.74, 6) is 0.163. The number of rotatable bonds is 7. The number of amides is 1. The molecule has 6 rings (SSSR count). The molecule has 0 atom stereocenters. The Labute approximate surface area is 230 Å². The standard InChI is InChI=1S/C28H26N6O5S/c1-38-21-9-5-8-20(16-21)27(35)30-28-29-26-25(31-32-28)23-17-22(40(36,37)33-12-14-39-15-13-33)10-11-24(23)34(26)18-19-6-3-2-4-7-19/h2-11,16-17H,12-15,18H2,1H3,(H,29,30,32,35). The van der Waals surface area contributed by atoms with E-state index < -0.39 is 15.9 Å². The minimum atomic E-state index is -3.72. The van der Waals surface area contributed by atoms with Gasteiger partial charge in [-0.1, -0.05) is 36.4 Å². The van der Waals surface area contributed by atoms with E-state index in [0.29, 0.717) is 60.7 Å². The van der Waals surface area contributed by atoms with Crippen LogP contribution in [-0.2, 0) is 21.3 Å². The maximum absolute atomic E-state index is 13.4. The molecule has 0 spiro atoms. The number of sulfonamides is 1. The number of anilines is 1. The number of aromatic nitrogens is 4. The summed E-state index contributed by atoms with van der Waals surface area (Å²) in [6.45, 7) is 1.77. The van der Waals surface area contributed by atoms with Gasteiger partial charge in [-0.25, -0.2) is 8.42 Å². The molecule has 1 amide bonds. The van der Waals surface area contributed by atoms with E-state index in [1.165, 1.54) is 11.4 Å². The van der Waals surface area contributed by atoms with Gasteiger partial charge in [0, 0.05) is 30.6 Å². The number of nitrogens with one attached hydrogen (secondary N) is 1. The van der Waals surface area contributed by atoms with E-state index in [1.54, 1.807) is 42.5 Å². The molecule has 3 heterocycles. The Kier molecular flexibility index (Phi) is 6.88. The summed E-state index contributed by atoms with van der Waals surface area (Å²) in [7, 11) is -2.20. The molecule has 0 saturated carbocycles. The number of hydrogen-bond acceptors (Lipinski definition) is 8. The van der Waals surface area contributed by atoms with E-state index in [2.05, 4.69) is 20.5 Å². The van der Waals surface area contributed by atoms with Gasteiger partial charge in [-0.15, -0.1) is 10.2 Å². The fraction of sp³-hybridized carbons (Fsp3) is 0.214. The summed E-state index contributed by atoms with van der Waals surface area (Å²) in [6.07, 6.45) is 0. The first-order chi connectivity index (χ1) is 19.4. The van der Waals surface area contributed by atoms with Crippen molar-refractivity contribution in [3.63, 3.8) is 0 Å². The van der Waals surface area contributed by atoms with Crippen molar-refractivity contribution in [2.45, 2.75) is 11.4 Å². The SMILES string of the molecule is COc1cccc(C(=O)Nc2nnc3c4cc(S(=O)(=O)N5CCOCC5)ccc4n(Cc4ccccc4)c3n2)c1. The summed E-state index contributed by atoms with van der Waals surface area (Å²) < 4.78 is 40.7. The molecule has 40 heavy (non-hydrogen) atoms. The average Bonchev–Trinajstić information content (AvgIpc) is 3.30. The zero-order valence-electron chi connectivity index (χ0n) is 21.6. The molecule has 5 aromatic rings. The van der Waals surface area contributed by atoms with Crippen molar-refractivity contribution in [3.8, 4) is 5.75 Å². The van der Waals surface area contributed by atoms with Crippen LogP contribution in [0.2, 0.25) is 0 Å². The summed E-state index contributed by atoms with van der Waals surface area (Å²) >= 11 is 0. The van der Waals surface area contributed by atoms with Gasteiger partial charge in [0.25, 0.3) is 11.9 Å². The number of benzene rings is 3. The third kappa shape index (κ3) is 4.88. The van der Waals surface area contributed by atoms with Gasteiger partial charge in [0.15, 0.2) is 5.65 Å². The van der Waals surface area contributed by atoms with Crippen molar-refractivity contribution in [2.75, 3.05) is 38.7 Å². The monoisotopic (exact) mass is 558 g/mol. The Hall–Kier alpha value is -4.39. The lowest BCUT2D eigenvalue weighted by atomic mass is 10.2. The molecule has 0 unspecified atom stereocenters. The number of fused-ring (bicyclic) bond motifs is 3. The molecule has 1 aliphatic rings. The largest absolute Gasteiger partial charge is 0.497 e. The lowest BCUT2D eigenvalue weighted by Gasteiger charge is -2.26. The van der Waals surface area contributed by atoms with Gasteiger partial charge in [-0.05, 0) is 42.0 Å². The number of ether oxygens (including phenoxy) is 2. The van der Waals surface area contributed by atoms with Crippen LogP contribution in [0.1, 0.15) is 15.9 Å². The molecule has 12 heteroatoms. The van der Waals surface area contributed by atoms with Crippen LogP contribution in [0.5, 0.6) is 5.75 Å². The smallest absolute Gasteiger partial charge is 0.258 e. The van der Waals surface area contributed by atoms with Crippen LogP contribution < -0.4 is 10.1 Å². The molecule has 2 aromatic heterocycles. The van der Waals surface area contributed by atoms with E-state index in [4.69, 9.17) is 9.47 Å². The van der Waals surface area contributed by atoms with Gasteiger partial charge < -0.3 is 14.0 Å². The third-order valence-corrected chi connectivity index (χ3v) is 8.68. The number of methoxy groups -OCH3 is 1. The van der Waals surface area contributed by atoms with Crippen molar-refractivity contribution in [2.24, 2.45) is 0 Å². The molecule has 0 bridgehead atoms. The van der Waals surface area contributed by atoms with Gasteiger partial charge in [-0.3, -0.25) is 10.1 Å². The molecule has 11 nitrogen and oxygen atoms in total. The molecule has 0 aliphatic carbocycles. The van der Waals surface area contributed by atoms with E-state index in [1.807, 2.05) is 34.9 Å². The summed E-state index contributed by atoms with van der Waals surface area (Å²) in [6, 6.07) is 21.6. The van der Waals surface area contributed by atoms with E-state index in [0.717, 1.165) is 11.1 Å². The number of morpholine rings is 1. The van der Waals surface area contributed by atoms with E-state index in [-0.39, 0.29) is 10.8 Å². The molecule has 204 valence electrons. The van der Waals surface area contributed by atoms with Crippen LogP contribution >= 0.6 is 0 Å². The van der Waals surface area contributed by atoms with Gasteiger partial charge in [-0.2, -0.15) is 9.29 Å². The highest BCUT2D eigenvalue weighted by atomic mass is 32.2. The molecule has 1 N–H and O–H groups in total. The van der Waals surface area contributed by atoms with E-state index >= 15 is 0 Å². The zero-order valence-corrected chi connectivity index (χ0v) is 22.5. The van der Waals surface area contributed by atoms with Crippen LogP contribution in [0.25, 0.3) is 22.1 Å². The van der Waals surface area contributed by atoms with Crippen LogP contribution in [0.4, 0.5) is 5.95 Å². The van der Waals surface area contributed by atoms with Gasteiger partial charge in [0.1, 0.15) is 11.3 Å². The quantitative estimate of drug-likeness (QED) is 0.322. The Morgan fingerprint density at radius 3 is 2.58 bits per heavy atom. The Morgan fingerprint density at radius 2 is 1.80 bits per heavy atom. The number of nitrogens with zero attached hydrogens (tertiary/aromatic N) is 5. The second-order valence-electron chi connectivity index (χ2n) is 9.26. The Balaban J connectivity index is 1.44. The highest BCUT2D eigenvalue weighted by Crippen LogP contribution is 2.31. The zero-order chi connectivity index (χ0) is 27.7. The lowest BCUT2D eigenvalue weighted by molar-refractivity contribution is 0.0730. The number of carbonyl (C=O) groups is 1. The van der Waals surface area contributed by atoms with Crippen LogP contribution in [-0.4, -0.2) is 71.8 Å². The van der Waals surface area contributed by atoms with Gasteiger partial charge >= 0.3 is 0 Å². The third-order valence-electron chi connectivity index (χ3n) is 6.79. The average molecular weight is 559 g/mol. The fourth-order valence-electron chi connectivity index (χ4n) is 4.75. The minimum Gasteiger partial charge on any atom is -0.497 e. The first kappa shape index (κ1) is 25.9. The maximum atomic E-state index is 13.4. The summed E-state index contributed by atoms with van der Waals surface area (Å²) in [5, 5.41) is 11.9. The van der Waals surface area contributed by atoms with Crippen molar-refractivity contribution in [1.82, 2.24) is 24.1 Å². The normalized spacial score (nSPS) is 14.4. The van der Waals surface area contributed by atoms with Crippen LogP contribution in [0.3, 0.4) is 0 Å². The predicted molar refractivity (Wildman–Crippen MR) is 149 cm³/mol. The van der Waals surface area contributed by atoms with Crippen LogP contribution in [0, 0.1) is 0 Å². The second kappa shape index (κ2) is 10.6. The highest BCUT2D eigenvalue weighted by molar-refractivity contribution is 7.89. The molecule has 1 aliphatic heterocycles. The molecular weight excluding hydrogens is 532 g/mol. The number of carbonyl (C=O) groups excluding carboxylic acids is 1. The summed E-state index contributed by atoms with van der Waals surface area (Å²) in [5.41, 5.74) is 3.05. The fourth-order valence-corrected chi connectivity index (χ4v) is 6.18. The Morgan fingerprint density at radius 1 is 1.00 bits per heavy atom. The van der Waals surface area contributed by atoms with Crippen molar-refractivity contribution in [1.29, 1.82) is 0 Å². The van der Waals surface area contributed by atoms with Crippen molar-refractivity contribution >= 4 is 43.9 Å². The molecule has 1 fully saturated rings. The van der Waals surface area contributed by atoms with E-state index in [9.17, 15) is 13.2 Å². The summed E-state index contributed by atoms with van der Waals surface area (Å²) in [4.78, 5) is 17.7. The minimum absolute atomic E-state index is 0.0265. The van der Waals surface area contributed by atoms with Crippen LogP contribution in [0.15, 0.2) is 77.7 Å². The van der Waals surface area contributed by atoms with Crippen molar-refractivity contribution in [3.05, 3.63) is 83.9 Å². The Bertz CT molecular complexity index is 1820. The first-order valence-electron chi connectivity index (χ1n) is 12.7. The second-order valence-corrected chi connectivity index (χ2v) is 11.2.